The minimum Gasteiger partial charge on any atom is -1.00 e. The molecular weight excluding hydrogens is 375 g/mol. The molecule has 0 aliphatic heterocycles. The molecule has 0 rings (SSSR count). The fourth-order valence-electron chi connectivity index (χ4n) is 3.81. The summed E-state index contributed by atoms with van der Waals surface area (Å²) in [5, 5.41) is 0. The zero-order valence-corrected chi connectivity index (χ0v) is 20.0. The highest BCUT2D eigenvalue weighted by Gasteiger charge is 2.34. The van der Waals surface area contributed by atoms with Crippen molar-refractivity contribution in [3.63, 3.8) is 0 Å². The van der Waals surface area contributed by atoms with Crippen molar-refractivity contribution in [2.45, 2.75) is 118 Å². The minimum absolute atomic E-state index is 0. The van der Waals surface area contributed by atoms with Gasteiger partial charge in [-0.05, 0) is 38.5 Å². The number of hydrogen-bond donors (Lipinski definition) is 0. The molecule has 0 radical (unpaired) electrons. The lowest BCUT2D eigenvalue weighted by molar-refractivity contribution is -0.00000536. The average molecular weight is 424 g/mol. The molecule has 0 saturated heterocycles. The molecule has 0 spiro atoms. The number of unbranched alkanes of at least 4 members (excludes halogenated alkanes) is 10. The zero-order valence-electron chi connectivity index (χ0n) is 17.6. The molecule has 2 heteroatoms. The highest BCUT2D eigenvalue weighted by atomic mass is 79.9. The molecule has 24 heavy (non-hydrogen) atoms. The van der Waals surface area contributed by atoms with Crippen molar-refractivity contribution in [3.05, 3.63) is 0 Å². The maximum absolute atomic E-state index is 2.36. The summed E-state index contributed by atoms with van der Waals surface area (Å²) in [6, 6.07) is 0. The third kappa shape index (κ3) is 15.2. The lowest BCUT2D eigenvalue weighted by Crippen LogP contribution is -3.00. The van der Waals surface area contributed by atoms with Gasteiger partial charge >= 0.3 is 0 Å². The van der Waals surface area contributed by atoms with Gasteiger partial charge in [0.1, 0.15) is 0 Å². The van der Waals surface area contributed by atoms with Gasteiger partial charge < -0.3 is 17.0 Å². The quantitative estimate of drug-likeness (QED) is 0.200. The highest BCUT2D eigenvalue weighted by molar-refractivity contribution is 7.75. The molecule has 0 aromatic heterocycles. The molecule has 0 nitrogen and oxygen atoms in total. The third-order valence-corrected chi connectivity index (χ3v) is 10.5. The van der Waals surface area contributed by atoms with Crippen LogP contribution >= 0.6 is 7.26 Å². The maximum atomic E-state index is 2.36. The van der Waals surface area contributed by atoms with Gasteiger partial charge in [0.15, 0.2) is 0 Å². The smallest absolute Gasteiger partial charge is 0.0594 e. The minimum atomic E-state index is -0.636. The van der Waals surface area contributed by atoms with E-state index in [9.17, 15) is 0 Å². The van der Waals surface area contributed by atoms with Gasteiger partial charge in [-0.1, -0.05) is 79.1 Å². The summed E-state index contributed by atoms with van der Waals surface area (Å²) < 4.78 is 0. The molecule has 0 aromatic rings. The van der Waals surface area contributed by atoms with Crippen molar-refractivity contribution in [3.8, 4) is 0 Å². The Balaban J connectivity index is 0. The van der Waals surface area contributed by atoms with Crippen LogP contribution in [0.5, 0.6) is 0 Å². The molecule has 0 aliphatic carbocycles. The Hall–Kier alpha value is 0.910. The molecule has 0 aromatic carbocycles. The summed E-state index contributed by atoms with van der Waals surface area (Å²) in [6.45, 7) is 9.41. The predicted molar refractivity (Wildman–Crippen MR) is 114 cm³/mol. The van der Waals surface area contributed by atoms with E-state index in [1.807, 2.05) is 0 Å². The molecule has 0 bridgehead atoms. The van der Waals surface area contributed by atoms with Crippen LogP contribution in [-0.4, -0.2) is 24.6 Å². The van der Waals surface area contributed by atoms with Crippen molar-refractivity contribution in [2.24, 2.45) is 0 Å². The first-order chi connectivity index (χ1) is 11.2. The fraction of sp³-hybridized carbons (Fsp3) is 1.00. The van der Waals surface area contributed by atoms with E-state index in [-0.39, 0.29) is 17.0 Å². The molecule has 0 unspecified atom stereocenters. The van der Waals surface area contributed by atoms with Gasteiger partial charge in [-0.15, -0.1) is 0 Å². The SMILES string of the molecule is CCCCCC[P+](CCCCC)(CCCCC)CCCCCC.[Br-]. The molecule has 0 N–H and O–H groups in total. The normalized spacial score (nSPS) is 11.5. The summed E-state index contributed by atoms with van der Waals surface area (Å²) >= 11 is 0. The van der Waals surface area contributed by atoms with E-state index in [4.69, 9.17) is 0 Å². The van der Waals surface area contributed by atoms with Gasteiger partial charge in [0.25, 0.3) is 0 Å². The number of hydrogen-bond acceptors (Lipinski definition) is 0. The Bertz CT molecular complexity index is 206. The van der Waals surface area contributed by atoms with E-state index in [0.29, 0.717) is 0 Å². The topological polar surface area (TPSA) is 0 Å². The Labute approximate surface area is 166 Å². The molecule has 0 saturated carbocycles. The largest absolute Gasteiger partial charge is 1.00 e. The van der Waals surface area contributed by atoms with Crippen LogP contribution in [0.15, 0.2) is 0 Å². The van der Waals surface area contributed by atoms with Gasteiger partial charge in [-0.2, -0.15) is 0 Å². The number of rotatable bonds is 18. The lowest BCUT2D eigenvalue weighted by Gasteiger charge is -2.28. The Morgan fingerprint density at radius 3 is 0.917 bits per heavy atom. The van der Waals surface area contributed by atoms with E-state index in [0.717, 1.165) is 0 Å². The standard InChI is InChI=1S/C22H48P.BrH/c1-5-9-13-17-21-23(19-15-11-7-3,20-16-12-8-4)22-18-14-10-6-2;/h5-22H2,1-4H3;1H/q+1;/p-1. The zero-order chi connectivity index (χ0) is 17.2. The van der Waals surface area contributed by atoms with Gasteiger partial charge in [0, 0.05) is 7.26 Å². The van der Waals surface area contributed by atoms with E-state index in [1.54, 1.807) is 24.6 Å². The maximum Gasteiger partial charge on any atom is 0.0594 e. The van der Waals surface area contributed by atoms with Crippen molar-refractivity contribution in [1.29, 1.82) is 0 Å². The van der Waals surface area contributed by atoms with Crippen LogP contribution < -0.4 is 17.0 Å². The summed E-state index contributed by atoms with van der Waals surface area (Å²) in [6.07, 6.45) is 27.0. The third-order valence-electron chi connectivity index (χ3n) is 5.44. The first-order valence-electron chi connectivity index (χ1n) is 11.1. The van der Waals surface area contributed by atoms with Gasteiger partial charge in [-0.25, -0.2) is 0 Å². The second kappa shape index (κ2) is 20.2. The molecule has 0 fully saturated rings. The summed E-state index contributed by atoms with van der Waals surface area (Å²) in [5.74, 6) is 0. The van der Waals surface area contributed by atoms with E-state index in [2.05, 4.69) is 27.7 Å². The van der Waals surface area contributed by atoms with Crippen molar-refractivity contribution in [2.75, 3.05) is 24.6 Å². The molecule has 148 valence electrons. The summed E-state index contributed by atoms with van der Waals surface area (Å²) in [4.78, 5) is 0. The molecule has 0 amide bonds. The van der Waals surface area contributed by atoms with Crippen LogP contribution in [0.2, 0.25) is 0 Å². The molecule has 0 atom stereocenters. The van der Waals surface area contributed by atoms with Crippen LogP contribution in [0.4, 0.5) is 0 Å². The Morgan fingerprint density at radius 2 is 0.625 bits per heavy atom. The second-order valence-corrected chi connectivity index (χ2v) is 12.2. The van der Waals surface area contributed by atoms with Gasteiger partial charge in [0.05, 0.1) is 24.6 Å². The first kappa shape index (κ1) is 27.1. The fourth-order valence-corrected chi connectivity index (χ4v) is 8.73. The van der Waals surface area contributed by atoms with Gasteiger partial charge in [0.2, 0.25) is 0 Å². The lowest BCUT2D eigenvalue weighted by atomic mass is 10.2. The summed E-state index contributed by atoms with van der Waals surface area (Å²) in [7, 11) is -0.636. The van der Waals surface area contributed by atoms with Crippen molar-refractivity contribution in [1.82, 2.24) is 0 Å². The van der Waals surface area contributed by atoms with E-state index >= 15 is 0 Å². The van der Waals surface area contributed by atoms with Crippen LogP contribution in [0, 0.1) is 0 Å². The van der Waals surface area contributed by atoms with Gasteiger partial charge in [-0.3, -0.25) is 0 Å². The molecular formula is C22H48BrP. The predicted octanol–water partition coefficient (Wildman–Crippen LogP) is 5.55. The van der Waals surface area contributed by atoms with Crippen molar-refractivity contribution < 1.29 is 17.0 Å². The molecule has 0 heterocycles. The van der Waals surface area contributed by atoms with Crippen LogP contribution in [0.3, 0.4) is 0 Å². The summed E-state index contributed by atoms with van der Waals surface area (Å²) in [5.41, 5.74) is 0. The first-order valence-corrected chi connectivity index (χ1v) is 13.6. The van der Waals surface area contributed by atoms with Crippen LogP contribution in [0.25, 0.3) is 0 Å². The monoisotopic (exact) mass is 422 g/mol. The van der Waals surface area contributed by atoms with Crippen LogP contribution in [0.1, 0.15) is 118 Å². The van der Waals surface area contributed by atoms with Crippen molar-refractivity contribution >= 4 is 7.26 Å². The van der Waals surface area contributed by atoms with E-state index in [1.165, 1.54) is 89.9 Å². The van der Waals surface area contributed by atoms with Crippen LogP contribution in [-0.2, 0) is 0 Å². The van der Waals surface area contributed by atoms with E-state index < -0.39 is 7.26 Å². The number of halogens is 1. The second-order valence-electron chi connectivity index (χ2n) is 7.77. The average Bonchev–Trinajstić information content (AvgIpc) is 2.56. The Kier molecular flexibility index (Phi) is 22.9. The Morgan fingerprint density at radius 1 is 0.375 bits per heavy atom. The molecule has 0 aliphatic rings. The highest BCUT2D eigenvalue weighted by Crippen LogP contribution is 2.61.